The van der Waals surface area contributed by atoms with Gasteiger partial charge < -0.3 is 19.2 Å². The van der Waals surface area contributed by atoms with E-state index in [1.54, 1.807) is 38.1 Å². The highest BCUT2D eigenvalue weighted by atomic mass is 19.1. The lowest BCUT2D eigenvalue weighted by molar-refractivity contribution is 0.0259. The van der Waals surface area contributed by atoms with Crippen molar-refractivity contribution in [2.45, 2.75) is 38.0 Å². The third-order valence-electron chi connectivity index (χ3n) is 6.77. The van der Waals surface area contributed by atoms with Crippen molar-refractivity contribution in [1.29, 1.82) is 0 Å². The maximum Gasteiger partial charge on any atom is 0.254 e. The highest BCUT2D eigenvalue weighted by Gasteiger charge is 2.41. The third-order valence-corrected chi connectivity index (χ3v) is 6.77. The molecule has 0 aliphatic carbocycles. The zero-order chi connectivity index (χ0) is 24.3. The van der Waals surface area contributed by atoms with Gasteiger partial charge in [0.1, 0.15) is 29.1 Å². The zero-order valence-corrected chi connectivity index (χ0v) is 19.4. The molecule has 2 bridgehead atoms. The Morgan fingerprint density at radius 2 is 1.91 bits per heavy atom. The molecule has 2 aliphatic heterocycles. The average molecular weight is 474 g/mol. The van der Waals surface area contributed by atoms with E-state index >= 15 is 0 Å². The Kier molecular flexibility index (Phi) is 4.98. The van der Waals surface area contributed by atoms with Crippen molar-refractivity contribution >= 4 is 17.0 Å². The van der Waals surface area contributed by atoms with Crippen LogP contribution in [0.15, 0.2) is 59.3 Å². The fourth-order valence-electron chi connectivity index (χ4n) is 4.87. The Balaban J connectivity index is 1.33. The standard InChI is InChI=1S/C27H24FN3O4/c1-27(2,33)18-7-17(8-19(28)9-18)24-25-22(29-14-30-24)11-23(35-25)15-3-5-16(6-4-15)26(32)31-12-21-10-20(31)13-34-21/h3-9,11,14,20-21,33H,10,12-13H2,1-2H3/t20-,21-/m1/s1. The number of hydrogen-bond acceptors (Lipinski definition) is 6. The number of likely N-dealkylation sites (tertiary alicyclic amines) is 1. The fourth-order valence-corrected chi connectivity index (χ4v) is 4.87. The number of rotatable bonds is 4. The van der Waals surface area contributed by atoms with Crippen molar-refractivity contribution in [3.63, 3.8) is 0 Å². The third kappa shape index (κ3) is 3.88. The Labute approximate surface area is 201 Å². The number of aliphatic hydroxyl groups is 1. The van der Waals surface area contributed by atoms with Crippen molar-refractivity contribution in [2.24, 2.45) is 0 Å². The number of morpholine rings is 1. The van der Waals surface area contributed by atoms with Crippen LogP contribution in [-0.2, 0) is 10.3 Å². The molecule has 4 aromatic rings. The minimum absolute atomic E-state index is 0.0128. The number of furan rings is 1. The average Bonchev–Trinajstić information content (AvgIpc) is 3.58. The maximum absolute atomic E-state index is 14.4. The van der Waals surface area contributed by atoms with E-state index in [0.717, 1.165) is 12.0 Å². The van der Waals surface area contributed by atoms with Crippen molar-refractivity contribution in [3.8, 4) is 22.6 Å². The molecule has 2 atom stereocenters. The van der Waals surface area contributed by atoms with Crippen LogP contribution in [0.2, 0.25) is 0 Å². The second kappa shape index (κ2) is 7.96. The van der Waals surface area contributed by atoms with Crippen LogP contribution in [0.1, 0.15) is 36.2 Å². The molecule has 2 aromatic carbocycles. The summed E-state index contributed by atoms with van der Waals surface area (Å²) in [5.74, 6) is 0.100. The molecular weight excluding hydrogens is 449 g/mol. The number of amides is 1. The molecule has 0 unspecified atom stereocenters. The summed E-state index contributed by atoms with van der Waals surface area (Å²) in [5, 5.41) is 10.4. The lowest BCUT2D eigenvalue weighted by Crippen LogP contribution is -2.41. The lowest BCUT2D eigenvalue weighted by atomic mass is 9.95. The van der Waals surface area contributed by atoms with Crippen LogP contribution in [0.5, 0.6) is 0 Å². The smallest absolute Gasteiger partial charge is 0.254 e. The molecule has 1 amide bonds. The Bertz CT molecular complexity index is 1440. The molecule has 0 radical (unpaired) electrons. The summed E-state index contributed by atoms with van der Waals surface area (Å²) in [7, 11) is 0. The summed E-state index contributed by atoms with van der Waals surface area (Å²) in [4.78, 5) is 23.5. The van der Waals surface area contributed by atoms with Gasteiger partial charge in [0.2, 0.25) is 0 Å². The van der Waals surface area contributed by atoms with Crippen LogP contribution < -0.4 is 0 Å². The van der Waals surface area contributed by atoms with Gasteiger partial charge in [-0.05, 0) is 56.2 Å². The molecule has 6 rings (SSSR count). The number of halogens is 1. The van der Waals surface area contributed by atoms with Crippen LogP contribution >= 0.6 is 0 Å². The molecule has 0 spiro atoms. The first-order chi connectivity index (χ1) is 16.8. The highest BCUT2D eigenvalue weighted by Crippen LogP contribution is 2.35. The van der Waals surface area contributed by atoms with E-state index in [9.17, 15) is 14.3 Å². The first-order valence-corrected chi connectivity index (χ1v) is 11.6. The molecule has 2 fully saturated rings. The Morgan fingerprint density at radius 3 is 2.60 bits per heavy atom. The van der Waals surface area contributed by atoms with E-state index in [-0.39, 0.29) is 18.1 Å². The number of carbonyl (C=O) groups is 1. The van der Waals surface area contributed by atoms with Gasteiger partial charge in [0.15, 0.2) is 5.58 Å². The SMILES string of the molecule is CC(C)(O)c1cc(F)cc(-c2ncnc3cc(-c4ccc(C(=O)N5C[C@H]6C[C@@H]5CO6)cc4)oc23)c1. The van der Waals surface area contributed by atoms with Crippen molar-refractivity contribution in [2.75, 3.05) is 13.2 Å². The van der Waals surface area contributed by atoms with Crippen molar-refractivity contribution in [1.82, 2.24) is 14.9 Å². The number of nitrogens with zero attached hydrogens (tertiary/aromatic N) is 3. The molecule has 35 heavy (non-hydrogen) atoms. The number of hydrogen-bond donors (Lipinski definition) is 1. The number of fused-ring (bicyclic) bond motifs is 3. The maximum atomic E-state index is 14.4. The summed E-state index contributed by atoms with van der Waals surface area (Å²) in [6.07, 6.45) is 2.47. The summed E-state index contributed by atoms with van der Waals surface area (Å²) in [6, 6.07) is 13.6. The first-order valence-electron chi connectivity index (χ1n) is 11.6. The van der Waals surface area contributed by atoms with Gasteiger partial charge in [-0.25, -0.2) is 14.4 Å². The van der Waals surface area contributed by atoms with Gasteiger partial charge in [-0.2, -0.15) is 0 Å². The summed E-state index contributed by atoms with van der Waals surface area (Å²) in [5.41, 5.74) is 2.55. The molecule has 1 N–H and O–H groups in total. The molecule has 8 heteroatoms. The highest BCUT2D eigenvalue weighted by molar-refractivity contribution is 5.95. The summed E-state index contributed by atoms with van der Waals surface area (Å²) in [6.45, 7) is 4.45. The van der Waals surface area contributed by atoms with E-state index in [2.05, 4.69) is 9.97 Å². The van der Waals surface area contributed by atoms with E-state index < -0.39 is 11.4 Å². The van der Waals surface area contributed by atoms with Crippen LogP contribution in [0, 0.1) is 5.82 Å². The minimum Gasteiger partial charge on any atom is -0.452 e. The van der Waals surface area contributed by atoms with Crippen LogP contribution in [0.25, 0.3) is 33.7 Å². The Morgan fingerprint density at radius 1 is 1.11 bits per heavy atom. The Hall–Kier alpha value is -3.62. The molecule has 2 aromatic heterocycles. The van der Waals surface area contributed by atoms with Crippen molar-refractivity contribution < 1.29 is 23.4 Å². The molecule has 0 saturated carbocycles. The molecule has 2 aliphatic rings. The van der Waals surface area contributed by atoms with Gasteiger partial charge in [-0.3, -0.25) is 4.79 Å². The van der Waals surface area contributed by atoms with Gasteiger partial charge in [0.25, 0.3) is 5.91 Å². The topological polar surface area (TPSA) is 88.7 Å². The summed E-state index contributed by atoms with van der Waals surface area (Å²) < 4.78 is 26.1. The summed E-state index contributed by atoms with van der Waals surface area (Å²) >= 11 is 0. The normalized spacial score (nSPS) is 19.6. The van der Waals surface area contributed by atoms with Gasteiger partial charge in [-0.1, -0.05) is 12.1 Å². The van der Waals surface area contributed by atoms with E-state index in [1.807, 2.05) is 17.0 Å². The number of aromatic nitrogens is 2. The predicted octanol–water partition coefficient (Wildman–Crippen LogP) is 4.54. The largest absolute Gasteiger partial charge is 0.452 e. The molecule has 178 valence electrons. The van der Waals surface area contributed by atoms with E-state index in [1.165, 1.54) is 18.5 Å². The quantitative estimate of drug-likeness (QED) is 0.468. The monoisotopic (exact) mass is 473 g/mol. The second-order valence-corrected chi connectivity index (χ2v) is 9.71. The first kappa shape index (κ1) is 21.9. The molecule has 4 heterocycles. The van der Waals surface area contributed by atoms with Crippen LogP contribution in [-0.4, -0.2) is 51.2 Å². The van der Waals surface area contributed by atoms with Gasteiger partial charge in [0.05, 0.1) is 24.4 Å². The lowest BCUT2D eigenvalue weighted by Gasteiger charge is -2.26. The van der Waals surface area contributed by atoms with Gasteiger partial charge >= 0.3 is 0 Å². The molecule has 7 nitrogen and oxygen atoms in total. The molecule has 2 saturated heterocycles. The van der Waals surface area contributed by atoms with Crippen LogP contribution in [0.3, 0.4) is 0 Å². The van der Waals surface area contributed by atoms with Crippen molar-refractivity contribution in [3.05, 3.63) is 71.8 Å². The fraction of sp³-hybridized carbons (Fsp3) is 0.296. The minimum atomic E-state index is -1.21. The predicted molar refractivity (Wildman–Crippen MR) is 127 cm³/mol. The van der Waals surface area contributed by atoms with Gasteiger partial charge in [-0.15, -0.1) is 0 Å². The zero-order valence-electron chi connectivity index (χ0n) is 19.4. The molecular formula is C27H24FN3O4. The van der Waals surface area contributed by atoms with Crippen LogP contribution in [0.4, 0.5) is 4.39 Å². The number of carbonyl (C=O) groups excluding carboxylic acids is 1. The number of benzene rings is 2. The number of ether oxygens (including phenoxy) is 1. The second-order valence-electron chi connectivity index (χ2n) is 9.71. The van der Waals surface area contributed by atoms with E-state index in [4.69, 9.17) is 9.15 Å². The van der Waals surface area contributed by atoms with E-state index in [0.29, 0.717) is 52.4 Å². The van der Waals surface area contributed by atoms with Gasteiger partial charge in [0, 0.05) is 29.3 Å².